The van der Waals surface area contributed by atoms with E-state index >= 15 is 0 Å². The van der Waals surface area contributed by atoms with Gasteiger partial charge in [-0.15, -0.1) is 0 Å². The highest BCUT2D eigenvalue weighted by atomic mass is 79.9. The van der Waals surface area contributed by atoms with Crippen molar-refractivity contribution in [3.8, 4) is 10.8 Å². The summed E-state index contributed by atoms with van der Waals surface area (Å²) in [6.45, 7) is 5.91. The molecule has 0 N–H and O–H groups in total. The van der Waals surface area contributed by atoms with Crippen LogP contribution in [0.2, 0.25) is 0 Å². The van der Waals surface area contributed by atoms with Crippen LogP contribution in [0.1, 0.15) is 39.5 Å². The van der Waals surface area contributed by atoms with Crippen molar-refractivity contribution in [1.82, 2.24) is 4.90 Å². The molecule has 0 aromatic carbocycles. The fourth-order valence-electron chi connectivity index (χ4n) is 1.13. The maximum absolute atomic E-state index is 11.5. The van der Waals surface area contributed by atoms with E-state index in [1.807, 2.05) is 4.90 Å². The Balaban J connectivity index is 4.05. The zero-order chi connectivity index (χ0) is 10.8. The van der Waals surface area contributed by atoms with Crippen LogP contribution >= 0.6 is 15.9 Å². The average Bonchev–Trinajstić information content (AvgIpc) is 2.18. The fraction of sp³-hybridized carbons (Fsp3) is 0.727. The molecule has 0 rings (SSSR count). The molecule has 0 heterocycles. The van der Waals surface area contributed by atoms with Crippen molar-refractivity contribution in [3.05, 3.63) is 0 Å². The van der Waals surface area contributed by atoms with E-state index in [2.05, 4.69) is 40.5 Å². The minimum atomic E-state index is -0.0659. The minimum absolute atomic E-state index is 0.0659. The number of unbranched alkanes of at least 4 members (excludes halogenated alkanes) is 2. The second kappa shape index (κ2) is 9.08. The summed E-state index contributed by atoms with van der Waals surface area (Å²) in [5, 5.41) is 0. The molecule has 0 aromatic rings. The van der Waals surface area contributed by atoms with Crippen molar-refractivity contribution < 1.29 is 4.79 Å². The first-order valence-electron chi connectivity index (χ1n) is 5.16. The highest BCUT2D eigenvalue weighted by Gasteiger charge is 2.08. The Bertz CT molecular complexity index is 209. The number of carbonyl (C=O) groups excluding carboxylic acids is 1. The lowest BCUT2D eigenvalue weighted by Crippen LogP contribution is -2.31. The molecule has 0 aliphatic rings. The summed E-state index contributed by atoms with van der Waals surface area (Å²) < 4.78 is 0. The van der Waals surface area contributed by atoms with E-state index in [-0.39, 0.29) is 5.91 Å². The third kappa shape index (κ3) is 6.04. The van der Waals surface area contributed by atoms with Crippen molar-refractivity contribution in [2.75, 3.05) is 13.1 Å². The average molecular weight is 260 g/mol. The topological polar surface area (TPSA) is 20.3 Å². The molecule has 1 amide bonds. The van der Waals surface area contributed by atoms with E-state index in [1.54, 1.807) is 0 Å². The number of carbonyl (C=O) groups is 1. The highest BCUT2D eigenvalue weighted by Crippen LogP contribution is 1.99. The third-order valence-corrected chi connectivity index (χ3v) is 2.20. The molecule has 0 saturated heterocycles. The Kier molecular flexibility index (Phi) is 8.76. The van der Waals surface area contributed by atoms with Crippen molar-refractivity contribution in [3.63, 3.8) is 0 Å². The van der Waals surface area contributed by atoms with Gasteiger partial charge >= 0.3 is 0 Å². The molecule has 0 aromatic heterocycles. The number of halogens is 1. The summed E-state index contributed by atoms with van der Waals surface area (Å²) in [5.74, 6) is 2.45. The lowest BCUT2D eigenvalue weighted by molar-refractivity contribution is -0.125. The lowest BCUT2D eigenvalue weighted by atomic mass is 10.2. The predicted molar refractivity (Wildman–Crippen MR) is 63.1 cm³/mol. The molecule has 0 bridgehead atoms. The summed E-state index contributed by atoms with van der Waals surface area (Å²) in [6, 6.07) is 0. The zero-order valence-electron chi connectivity index (χ0n) is 8.98. The number of amides is 1. The summed E-state index contributed by atoms with van der Waals surface area (Å²) in [7, 11) is 0. The van der Waals surface area contributed by atoms with Crippen molar-refractivity contribution >= 4 is 21.8 Å². The maximum Gasteiger partial charge on any atom is 0.299 e. The van der Waals surface area contributed by atoms with Crippen molar-refractivity contribution in [2.45, 2.75) is 39.5 Å². The van der Waals surface area contributed by atoms with Crippen LogP contribution in [-0.4, -0.2) is 23.9 Å². The van der Waals surface area contributed by atoms with E-state index in [1.165, 1.54) is 0 Å². The molecule has 0 radical (unpaired) electrons. The molecular formula is C11H18BrNO. The molecule has 0 aliphatic carbocycles. The van der Waals surface area contributed by atoms with Crippen LogP contribution in [0.15, 0.2) is 0 Å². The summed E-state index contributed by atoms with van der Waals surface area (Å²) in [6.07, 6.45) is 4.33. The predicted octanol–water partition coefficient (Wildman–Crippen LogP) is 2.77. The van der Waals surface area contributed by atoms with Gasteiger partial charge in [0.2, 0.25) is 0 Å². The highest BCUT2D eigenvalue weighted by molar-refractivity contribution is 9.12. The van der Waals surface area contributed by atoms with Gasteiger partial charge in [-0.2, -0.15) is 0 Å². The van der Waals surface area contributed by atoms with Crippen LogP contribution in [0.25, 0.3) is 0 Å². The standard InChI is InChI=1S/C11H18BrNO/c1-3-5-9-13(10-6-4-2)11(14)7-8-12/h3-6,9-10H2,1-2H3. The Morgan fingerprint density at radius 1 is 1.21 bits per heavy atom. The lowest BCUT2D eigenvalue weighted by Gasteiger charge is -2.19. The quantitative estimate of drug-likeness (QED) is 0.672. The Morgan fingerprint density at radius 3 is 2.07 bits per heavy atom. The summed E-state index contributed by atoms with van der Waals surface area (Å²) in [4.78, 5) is 15.8. The minimum Gasteiger partial charge on any atom is -0.332 e. The molecule has 3 heteroatoms. The second-order valence-electron chi connectivity index (χ2n) is 3.22. The number of hydrogen-bond donors (Lipinski definition) is 0. The molecule has 0 spiro atoms. The largest absolute Gasteiger partial charge is 0.332 e. The van der Waals surface area contributed by atoms with E-state index in [0.29, 0.717) is 0 Å². The molecule has 2 nitrogen and oxygen atoms in total. The molecule has 0 saturated carbocycles. The van der Waals surface area contributed by atoms with Gasteiger partial charge in [-0.05, 0) is 17.7 Å². The van der Waals surface area contributed by atoms with Crippen LogP contribution < -0.4 is 0 Å². The van der Waals surface area contributed by atoms with Crippen molar-refractivity contribution in [1.29, 1.82) is 0 Å². The van der Waals surface area contributed by atoms with Gasteiger partial charge < -0.3 is 4.90 Å². The number of hydrogen-bond acceptors (Lipinski definition) is 1. The molecule has 14 heavy (non-hydrogen) atoms. The normalized spacial score (nSPS) is 9.07. The van der Waals surface area contributed by atoms with Crippen LogP contribution in [0.3, 0.4) is 0 Å². The fourth-order valence-corrected chi connectivity index (χ4v) is 1.30. The Hall–Kier alpha value is -0.490. The van der Waals surface area contributed by atoms with Gasteiger partial charge in [-0.1, -0.05) is 26.7 Å². The second-order valence-corrected chi connectivity index (χ2v) is 3.62. The maximum atomic E-state index is 11.5. The van der Waals surface area contributed by atoms with Gasteiger partial charge in [0.1, 0.15) is 0 Å². The van der Waals surface area contributed by atoms with Crippen LogP contribution in [0.4, 0.5) is 0 Å². The zero-order valence-corrected chi connectivity index (χ0v) is 10.6. The van der Waals surface area contributed by atoms with Crippen molar-refractivity contribution in [2.24, 2.45) is 0 Å². The van der Waals surface area contributed by atoms with E-state index < -0.39 is 0 Å². The van der Waals surface area contributed by atoms with E-state index in [4.69, 9.17) is 0 Å². The summed E-state index contributed by atoms with van der Waals surface area (Å²) in [5.41, 5.74) is 0. The molecule has 0 unspecified atom stereocenters. The van der Waals surface area contributed by atoms with E-state index in [0.717, 1.165) is 38.8 Å². The monoisotopic (exact) mass is 259 g/mol. The van der Waals surface area contributed by atoms with Gasteiger partial charge in [0.05, 0.1) is 0 Å². The van der Waals surface area contributed by atoms with Crippen LogP contribution in [0, 0.1) is 10.8 Å². The first kappa shape index (κ1) is 13.5. The SMILES string of the molecule is CCCCN(CCCC)C(=O)C#CBr. The van der Waals surface area contributed by atoms with Gasteiger partial charge in [0.15, 0.2) is 0 Å². The molecule has 80 valence electrons. The summed E-state index contributed by atoms with van der Waals surface area (Å²) >= 11 is 2.95. The number of rotatable bonds is 6. The van der Waals surface area contributed by atoms with Crippen LogP contribution in [-0.2, 0) is 4.79 Å². The third-order valence-electron chi connectivity index (χ3n) is 2.00. The molecule has 0 fully saturated rings. The van der Waals surface area contributed by atoms with Gasteiger partial charge in [0.25, 0.3) is 5.91 Å². The Morgan fingerprint density at radius 2 is 1.71 bits per heavy atom. The number of nitrogens with zero attached hydrogens (tertiary/aromatic N) is 1. The first-order chi connectivity index (χ1) is 6.76. The Labute approximate surface area is 95.2 Å². The molecule has 0 aliphatic heterocycles. The van der Waals surface area contributed by atoms with Crippen LogP contribution in [0.5, 0.6) is 0 Å². The first-order valence-corrected chi connectivity index (χ1v) is 5.96. The van der Waals surface area contributed by atoms with Gasteiger partial charge in [0, 0.05) is 34.9 Å². The van der Waals surface area contributed by atoms with E-state index in [9.17, 15) is 4.79 Å². The van der Waals surface area contributed by atoms with Gasteiger partial charge in [-0.25, -0.2) is 0 Å². The molecular weight excluding hydrogens is 242 g/mol. The molecule has 0 atom stereocenters. The van der Waals surface area contributed by atoms with Gasteiger partial charge in [-0.3, -0.25) is 4.79 Å². The smallest absolute Gasteiger partial charge is 0.299 e.